The molecule has 11 aromatic rings. The van der Waals surface area contributed by atoms with Crippen molar-refractivity contribution >= 4 is 60.4 Å². The zero-order chi connectivity index (χ0) is 38.4. The zero-order valence-corrected chi connectivity index (χ0v) is 31.8. The second kappa shape index (κ2) is 14.1. The Morgan fingerprint density at radius 3 is 1.59 bits per heavy atom. The Labute approximate surface area is 338 Å². The van der Waals surface area contributed by atoms with Gasteiger partial charge in [-0.1, -0.05) is 170 Å². The maximum Gasteiger partial charge on any atom is 0.0619 e. The highest BCUT2D eigenvalue weighted by atomic mass is 15.1. The molecule has 0 bridgehead atoms. The number of anilines is 3. The standard InChI is InChI=1S/C56H38N2/c1-3-14-41(15-4-1)50-36-34-49(38-54(50)42-16-5-2-6-17-42)57(46-28-25-40(26-29-46)45-24-23-39-13-7-8-19-44(39)37-45)47-30-32-48(33-31-47)58-55-22-12-11-21-52(55)53-35-27-43-18-9-10-20-51(43)56(53)58/h1-38H. The predicted octanol–water partition coefficient (Wildman–Crippen LogP) is 15.6. The van der Waals surface area contributed by atoms with Gasteiger partial charge in [0.05, 0.1) is 11.0 Å². The van der Waals surface area contributed by atoms with Crippen molar-refractivity contribution < 1.29 is 0 Å². The molecular weight excluding hydrogens is 701 g/mol. The number of para-hydroxylation sites is 1. The molecule has 2 nitrogen and oxygen atoms in total. The van der Waals surface area contributed by atoms with Crippen LogP contribution in [0.3, 0.4) is 0 Å². The second-order valence-corrected chi connectivity index (χ2v) is 15.0. The van der Waals surface area contributed by atoms with E-state index in [1.54, 1.807) is 0 Å². The van der Waals surface area contributed by atoms with Gasteiger partial charge in [0.25, 0.3) is 0 Å². The molecule has 1 aromatic heterocycles. The molecule has 0 atom stereocenters. The van der Waals surface area contributed by atoms with E-state index in [4.69, 9.17) is 0 Å². The summed E-state index contributed by atoms with van der Waals surface area (Å²) in [6.45, 7) is 0. The van der Waals surface area contributed by atoms with Crippen LogP contribution in [0.5, 0.6) is 0 Å². The van der Waals surface area contributed by atoms with E-state index in [0.717, 1.165) is 22.7 Å². The number of benzene rings is 10. The van der Waals surface area contributed by atoms with Crippen LogP contribution >= 0.6 is 0 Å². The predicted molar refractivity (Wildman–Crippen MR) is 247 cm³/mol. The van der Waals surface area contributed by atoms with Crippen LogP contribution in [0.2, 0.25) is 0 Å². The third-order valence-corrected chi connectivity index (χ3v) is 11.6. The van der Waals surface area contributed by atoms with Gasteiger partial charge in [0.2, 0.25) is 0 Å². The lowest BCUT2D eigenvalue weighted by molar-refractivity contribution is 1.18. The highest BCUT2D eigenvalue weighted by Crippen LogP contribution is 2.42. The van der Waals surface area contributed by atoms with Gasteiger partial charge in [0, 0.05) is 38.9 Å². The minimum Gasteiger partial charge on any atom is -0.310 e. The molecule has 272 valence electrons. The van der Waals surface area contributed by atoms with Crippen LogP contribution in [0.25, 0.3) is 82.4 Å². The lowest BCUT2D eigenvalue weighted by atomic mass is 9.93. The highest BCUT2D eigenvalue weighted by molar-refractivity contribution is 6.18. The van der Waals surface area contributed by atoms with Crippen molar-refractivity contribution in [2.45, 2.75) is 0 Å². The van der Waals surface area contributed by atoms with Crippen LogP contribution in [-0.4, -0.2) is 4.57 Å². The summed E-state index contributed by atoms with van der Waals surface area (Å²) in [6, 6.07) is 83.7. The summed E-state index contributed by atoms with van der Waals surface area (Å²) in [5, 5.41) is 7.50. The first-order valence-electron chi connectivity index (χ1n) is 19.9. The van der Waals surface area contributed by atoms with Crippen LogP contribution < -0.4 is 4.90 Å². The molecule has 0 amide bonds. The lowest BCUT2D eigenvalue weighted by Crippen LogP contribution is -2.10. The highest BCUT2D eigenvalue weighted by Gasteiger charge is 2.19. The van der Waals surface area contributed by atoms with Crippen molar-refractivity contribution in [1.82, 2.24) is 4.57 Å². The molecular formula is C56H38N2. The quantitative estimate of drug-likeness (QED) is 0.158. The molecule has 0 unspecified atom stereocenters. The first-order valence-corrected chi connectivity index (χ1v) is 19.9. The van der Waals surface area contributed by atoms with E-state index in [0.29, 0.717) is 0 Å². The Balaban J connectivity index is 1.07. The second-order valence-electron chi connectivity index (χ2n) is 15.0. The molecule has 0 aliphatic heterocycles. The number of hydrogen-bond donors (Lipinski definition) is 0. The number of aromatic nitrogens is 1. The van der Waals surface area contributed by atoms with Crippen LogP contribution in [0, 0.1) is 0 Å². The minimum atomic E-state index is 1.08. The number of nitrogens with zero attached hydrogens (tertiary/aromatic N) is 2. The van der Waals surface area contributed by atoms with Crippen molar-refractivity contribution in [3.8, 4) is 39.1 Å². The van der Waals surface area contributed by atoms with Gasteiger partial charge in [0.1, 0.15) is 0 Å². The summed E-state index contributed by atoms with van der Waals surface area (Å²) in [6.07, 6.45) is 0. The van der Waals surface area contributed by atoms with E-state index in [1.807, 2.05) is 0 Å². The third kappa shape index (κ3) is 5.82. The monoisotopic (exact) mass is 738 g/mol. The SMILES string of the molecule is c1ccc(-c2ccc(N(c3ccc(-c4ccc5ccccc5c4)cc3)c3ccc(-n4c5ccccc5c5ccc6ccccc6c54)cc3)cc2-c2ccccc2)cc1. The van der Waals surface area contributed by atoms with Crippen molar-refractivity contribution in [2.75, 3.05) is 4.90 Å². The van der Waals surface area contributed by atoms with Crippen molar-refractivity contribution in [2.24, 2.45) is 0 Å². The Morgan fingerprint density at radius 1 is 0.293 bits per heavy atom. The van der Waals surface area contributed by atoms with E-state index >= 15 is 0 Å². The minimum absolute atomic E-state index is 1.08. The molecule has 58 heavy (non-hydrogen) atoms. The molecule has 11 rings (SSSR count). The van der Waals surface area contributed by atoms with E-state index in [9.17, 15) is 0 Å². The van der Waals surface area contributed by atoms with Crippen LogP contribution in [0.4, 0.5) is 17.1 Å². The fourth-order valence-electron chi connectivity index (χ4n) is 8.77. The molecule has 2 heteroatoms. The number of fused-ring (bicyclic) bond motifs is 6. The van der Waals surface area contributed by atoms with Crippen LogP contribution in [0.15, 0.2) is 231 Å². The molecule has 10 aromatic carbocycles. The first kappa shape index (κ1) is 33.6. The molecule has 1 heterocycles. The molecule has 0 saturated heterocycles. The Kier molecular flexibility index (Phi) is 8.19. The van der Waals surface area contributed by atoms with Gasteiger partial charge in [0.15, 0.2) is 0 Å². The van der Waals surface area contributed by atoms with Crippen LogP contribution in [0.1, 0.15) is 0 Å². The maximum absolute atomic E-state index is 2.43. The fourth-order valence-corrected chi connectivity index (χ4v) is 8.77. The maximum atomic E-state index is 2.43. The summed E-state index contributed by atoms with van der Waals surface area (Å²) in [7, 11) is 0. The summed E-state index contributed by atoms with van der Waals surface area (Å²) in [4.78, 5) is 2.39. The van der Waals surface area contributed by atoms with Gasteiger partial charge in [-0.3, -0.25) is 0 Å². The molecule has 0 N–H and O–H groups in total. The molecule has 0 spiro atoms. The Bertz CT molecular complexity index is 3250. The van der Waals surface area contributed by atoms with E-state index in [-0.39, 0.29) is 0 Å². The lowest BCUT2D eigenvalue weighted by Gasteiger charge is -2.27. The van der Waals surface area contributed by atoms with E-state index in [1.165, 1.54) is 76.7 Å². The third-order valence-electron chi connectivity index (χ3n) is 11.6. The van der Waals surface area contributed by atoms with Gasteiger partial charge in [-0.2, -0.15) is 0 Å². The average Bonchev–Trinajstić information content (AvgIpc) is 3.65. The van der Waals surface area contributed by atoms with E-state index < -0.39 is 0 Å². The van der Waals surface area contributed by atoms with Crippen LogP contribution in [-0.2, 0) is 0 Å². The summed E-state index contributed by atoms with van der Waals surface area (Å²) in [5.74, 6) is 0. The Hall–Kier alpha value is -7.68. The summed E-state index contributed by atoms with van der Waals surface area (Å²) < 4.78 is 2.43. The van der Waals surface area contributed by atoms with Crippen molar-refractivity contribution in [1.29, 1.82) is 0 Å². The van der Waals surface area contributed by atoms with Crippen molar-refractivity contribution in [3.63, 3.8) is 0 Å². The zero-order valence-electron chi connectivity index (χ0n) is 31.8. The summed E-state index contributed by atoms with van der Waals surface area (Å²) in [5.41, 5.74) is 14.0. The number of rotatable bonds is 7. The van der Waals surface area contributed by atoms with Gasteiger partial charge >= 0.3 is 0 Å². The molecule has 0 radical (unpaired) electrons. The van der Waals surface area contributed by atoms with Gasteiger partial charge < -0.3 is 9.47 Å². The molecule has 0 aliphatic carbocycles. The molecule has 0 aliphatic rings. The van der Waals surface area contributed by atoms with E-state index in [2.05, 4.69) is 240 Å². The fraction of sp³-hybridized carbons (Fsp3) is 0. The number of hydrogen-bond acceptors (Lipinski definition) is 1. The van der Waals surface area contributed by atoms with Gasteiger partial charge in [-0.15, -0.1) is 0 Å². The largest absolute Gasteiger partial charge is 0.310 e. The first-order chi connectivity index (χ1) is 28.8. The summed E-state index contributed by atoms with van der Waals surface area (Å²) >= 11 is 0. The normalized spacial score (nSPS) is 11.4. The van der Waals surface area contributed by atoms with Gasteiger partial charge in [-0.05, 0) is 110 Å². The molecule has 0 saturated carbocycles. The molecule has 0 fully saturated rings. The Morgan fingerprint density at radius 2 is 0.845 bits per heavy atom. The topological polar surface area (TPSA) is 8.17 Å². The van der Waals surface area contributed by atoms with Crippen molar-refractivity contribution in [3.05, 3.63) is 231 Å². The average molecular weight is 739 g/mol. The smallest absolute Gasteiger partial charge is 0.0619 e. The van der Waals surface area contributed by atoms with Gasteiger partial charge in [-0.25, -0.2) is 0 Å².